The molecule has 8 saturated carbocycles. The van der Waals surface area contributed by atoms with Crippen molar-refractivity contribution in [3.63, 3.8) is 0 Å². The van der Waals surface area contributed by atoms with Crippen LogP contribution in [0.5, 0.6) is 0 Å². The standard InChI is InChI=1S/C21H34N2/c1-12-3-16-5-13(1)6-17(4-12)20(16)11-22-23-21-18-7-14-2-15(9-18)10-19(21)8-14/h12-23H,1-11H2. The highest BCUT2D eigenvalue weighted by Gasteiger charge is 2.49. The summed E-state index contributed by atoms with van der Waals surface area (Å²) in [6.45, 7) is 1.26. The molecular formula is C21H34N2. The molecule has 0 saturated heterocycles. The molecule has 0 radical (unpaired) electrons. The van der Waals surface area contributed by atoms with Crippen LogP contribution in [-0.2, 0) is 0 Å². The van der Waals surface area contributed by atoms with Crippen LogP contribution in [0, 0.1) is 53.3 Å². The fourth-order valence-electron chi connectivity index (χ4n) is 8.83. The van der Waals surface area contributed by atoms with Gasteiger partial charge in [-0.05, 0) is 117 Å². The maximum absolute atomic E-state index is 3.87. The number of hydrogen-bond donors (Lipinski definition) is 2. The second-order valence-corrected chi connectivity index (χ2v) is 10.6. The van der Waals surface area contributed by atoms with Crippen LogP contribution in [-0.4, -0.2) is 12.6 Å². The van der Waals surface area contributed by atoms with E-state index < -0.39 is 0 Å². The molecule has 0 atom stereocenters. The molecule has 0 aromatic rings. The van der Waals surface area contributed by atoms with Crippen molar-refractivity contribution in [1.29, 1.82) is 0 Å². The molecule has 128 valence electrons. The molecule has 0 unspecified atom stereocenters. The van der Waals surface area contributed by atoms with E-state index in [-0.39, 0.29) is 0 Å². The van der Waals surface area contributed by atoms with Crippen LogP contribution in [0.3, 0.4) is 0 Å². The average Bonchev–Trinajstić information content (AvgIpc) is 2.51. The van der Waals surface area contributed by atoms with Gasteiger partial charge in [0.15, 0.2) is 0 Å². The van der Waals surface area contributed by atoms with E-state index in [1.807, 2.05) is 0 Å². The summed E-state index contributed by atoms with van der Waals surface area (Å²) in [5.41, 5.74) is 7.67. The number of hydrazine groups is 1. The fourth-order valence-corrected chi connectivity index (χ4v) is 8.83. The number of rotatable bonds is 4. The Morgan fingerprint density at radius 1 is 0.522 bits per heavy atom. The molecule has 2 N–H and O–H groups in total. The Morgan fingerprint density at radius 3 is 1.43 bits per heavy atom. The predicted octanol–water partition coefficient (Wildman–Crippen LogP) is 3.98. The summed E-state index contributed by atoms with van der Waals surface area (Å²) in [6.07, 6.45) is 15.5. The Kier molecular flexibility index (Phi) is 3.20. The van der Waals surface area contributed by atoms with Crippen LogP contribution in [0.1, 0.15) is 64.2 Å². The van der Waals surface area contributed by atoms with Gasteiger partial charge in [0.25, 0.3) is 0 Å². The summed E-state index contributed by atoms with van der Waals surface area (Å²) in [5.74, 6) is 9.55. The largest absolute Gasteiger partial charge is 0.257 e. The van der Waals surface area contributed by atoms with Crippen LogP contribution in [0.2, 0.25) is 0 Å². The van der Waals surface area contributed by atoms with E-state index in [4.69, 9.17) is 0 Å². The van der Waals surface area contributed by atoms with E-state index in [2.05, 4.69) is 10.9 Å². The summed E-state index contributed by atoms with van der Waals surface area (Å²) in [4.78, 5) is 0. The molecule has 0 spiro atoms. The van der Waals surface area contributed by atoms with Crippen molar-refractivity contribution in [2.75, 3.05) is 6.54 Å². The summed E-state index contributed by atoms with van der Waals surface area (Å²) in [5, 5.41) is 0. The topological polar surface area (TPSA) is 24.1 Å². The van der Waals surface area contributed by atoms with Gasteiger partial charge < -0.3 is 0 Å². The Bertz CT molecular complexity index is 374. The van der Waals surface area contributed by atoms with E-state index in [1.54, 1.807) is 38.5 Å². The maximum Gasteiger partial charge on any atom is 0.0269 e. The first-order valence-corrected chi connectivity index (χ1v) is 10.8. The molecule has 0 amide bonds. The Morgan fingerprint density at radius 2 is 0.957 bits per heavy atom. The van der Waals surface area contributed by atoms with E-state index in [0.29, 0.717) is 0 Å². The first-order chi connectivity index (χ1) is 11.3. The zero-order valence-electron chi connectivity index (χ0n) is 14.6. The molecule has 8 aliphatic carbocycles. The second kappa shape index (κ2) is 5.21. The summed E-state index contributed by atoms with van der Waals surface area (Å²) < 4.78 is 0. The third kappa shape index (κ3) is 2.27. The van der Waals surface area contributed by atoms with Crippen LogP contribution >= 0.6 is 0 Å². The van der Waals surface area contributed by atoms with Gasteiger partial charge in [-0.3, -0.25) is 10.9 Å². The van der Waals surface area contributed by atoms with Gasteiger partial charge in [0.2, 0.25) is 0 Å². The molecule has 8 fully saturated rings. The highest BCUT2D eigenvalue weighted by Crippen LogP contribution is 2.56. The van der Waals surface area contributed by atoms with Crippen LogP contribution in [0.15, 0.2) is 0 Å². The predicted molar refractivity (Wildman–Crippen MR) is 92.5 cm³/mol. The molecule has 2 nitrogen and oxygen atoms in total. The van der Waals surface area contributed by atoms with Crippen molar-refractivity contribution < 1.29 is 0 Å². The van der Waals surface area contributed by atoms with Gasteiger partial charge >= 0.3 is 0 Å². The molecule has 0 aromatic carbocycles. The SMILES string of the molecule is C1C2CC3CC1CC(C2)C3CNNC1C2CC3CC(C2)CC1C3. The monoisotopic (exact) mass is 314 g/mol. The van der Waals surface area contributed by atoms with Gasteiger partial charge in [0.1, 0.15) is 0 Å². The molecular weight excluding hydrogens is 280 g/mol. The van der Waals surface area contributed by atoms with Gasteiger partial charge in [-0.1, -0.05) is 0 Å². The van der Waals surface area contributed by atoms with E-state index in [0.717, 1.165) is 59.3 Å². The lowest BCUT2D eigenvalue weighted by molar-refractivity contribution is -0.0438. The van der Waals surface area contributed by atoms with Crippen LogP contribution in [0.4, 0.5) is 0 Å². The van der Waals surface area contributed by atoms with Crippen molar-refractivity contribution in [2.45, 2.75) is 70.3 Å². The summed E-state index contributed by atoms with van der Waals surface area (Å²) >= 11 is 0. The van der Waals surface area contributed by atoms with Crippen LogP contribution in [0.25, 0.3) is 0 Å². The van der Waals surface area contributed by atoms with Crippen molar-refractivity contribution >= 4 is 0 Å². The zero-order valence-corrected chi connectivity index (χ0v) is 14.6. The van der Waals surface area contributed by atoms with Crippen LogP contribution < -0.4 is 10.9 Å². The first-order valence-electron chi connectivity index (χ1n) is 10.8. The second-order valence-electron chi connectivity index (χ2n) is 10.6. The molecule has 0 aromatic heterocycles. The summed E-state index contributed by atoms with van der Waals surface area (Å²) in [7, 11) is 0. The Labute approximate surface area is 141 Å². The Hall–Kier alpha value is -0.0800. The van der Waals surface area contributed by atoms with Crippen molar-refractivity contribution in [1.82, 2.24) is 10.9 Å². The molecule has 8 aliphatic rings. The third-order valence-corrected chi connectivity index (χ3v) is 9.26. The molecule has 0 aliphatic heterocycles. The van der Waals surface area contributed by atoms with Gasteiger partial charge in [0.05, 0.1) is 0 Å². The van der Waals surface area contributed by atoms with Crippen molar-refractivity contribution in [3.8, 4) is 0 Å². The smallest absolute Gasteiger partial charge is 0.0269 e. The zero-order chi connectivity index (χ0) is 15.0. The van der Waals surface area contributed by atoms with Gasteiger partial charge in [-0.2, -0.15) is 0 Å². The van der Waals surface area contributed by atoms with E-state index in [9.17, 15) is 0 Å². The molecule has 8 bridgehead atoms. The van der Waals surface area contributed by atoms with Crippen molar-refractivity contribution in [2.24, 2.45) is 53.3 Å². The highest BCUT2D eigenvalue weighted by molar-refractivity contribution is 5.02. The number of nitrogens with one attached hydrogen (secondary N) is 2. The highest BCUT2D eigenvalue weighted by atomic mass is 15.4. The molecule has 8 rings (SSSR count). The Balaban J connectivity index is 1.07. The lowest BCUT2D eigenvalue weighted by Gasteiger charge is -2.56. The van der Waals surface area contributed by atoms with Gasteiger partial charge in [-0.15, -0.1) is 0 Å². The minimum absolute atomic E-state index is 0.805. The third-order valence-electron chi connectivity index (χ3n) is 9.26. The minimum atomic E-state index is 0.805. The normalized spacial score (nSPS) is 59.0. The van der Waals surface area contributed by atoms with E-state index >= 15 is 0 Å². The minimum Gasteiger partial charge on any atom is -0.257 e. The lowest BCUT2D eigenvalue weighted by atomic mass is 9.52. The van der Waals surface area contributed by atoms with E-state index in [1.165, 1.54) is 32.2 Å². The lowest BCUT2D eigenvalue weighted by Crippen LogP contribution is -2.59. The molecule has 2 heteroatoms. The average molecular weight is 315 g/mol. The van der Waals surface area contributed by atoms with Crippen molar-refractivity contribution in [3.05, 3.63) is 0 Å². The first kappa shape index (κ1) is 14.1. The maximum atomic E-state index is 3.87. The van der Waals surface area contributed by atoms with Gasteiger partial charge in [0, 0.05) is 12.6 Å². The quantitative estimate of drug-likeness (QED) is 0.767. The van der Waals surface area contributed by atoms with Gasteiger partial charge in [-0.25, -0.2) is 0 Å². The fraction of sp³-hybridized carbons (Fsp3) is 1.00. The summed E-state index contributed by atoms with van der Waals surface area (Å²) in [6, 6.07) is 0.805. The molecule has 23 heavy (non-hydrogen) atoms. The number of hydrogen-bond acceptors (Lipinski definition) is 2. The molecule has 0 heterocycles.